The number of nitrogens with zero attached hydrogens (tertiary/aromatic N) is 1. The van der Waals surface area contributed by atoms with Gasteiger partial charge in [-0.15, -0.1) is 0 Å². The highest BCUT2D eigenvalue weighted by Gasteiger charge is 2.35. The number of benzene rings is 1. The van der Waals surface area contributed by atoms with Gasteiger partial charge >= 0.3 is 5.97 Å². The van der Waals surface area contributed by atoms with Crippen molar-refractivity contribution in [2.24, 2.45) is 16.8 Å². The van der Waals surface area contributed by atoms with Gasteiger partial charge in [0.25, 0.3) is 0 Å². The van der Waals surface area contributed by atoms with E-state index in [1.165, 1.54) is 0 Å². The molecule has 0 heterocycles. The van der Waals surface area contributed by atoms with E-state index < -0.39 is 17.8 Å². The second kappa shape index (κ2) is 19.5. The number of carbonyl (C=O) groups excluding carboxylic acids is 1. The maximum Gasteiger partial charge on any atom is 0.307 e. The fraction of sp³-hybridized carbons (Fsp3) is 0.531. The van der Waals surface area contributed by atoms with E-state index in [1.807, 2.05) is 77.1 Å². The zero-order valence-corrected chi connectivity index (χ0v) is 26.1. The summed E-state index contributed by atoms with van der Waals surface area (Å²) in [5.41, 5.74) is 9.50. The third kappa shape index (κ3) is 11.8. The smallest absolute Gasteiger partial charge is 0.307 e. The molecule has 5 N–H and O–H groups in total. The Labute approximate surface area is 246 Å². The quantitative estimate of drug-likeness (QED) is 0.103. The molecule has 2 atom stereocenters. The number of ether oxygens (including phenoxy) is 1. The molecule has 1 aliphatic carbocycles. The number of amides is 1. The number of nitrogens with one attached hydrogen (secondary N) is 4. The van der Waals surface area contributed by atoms with Crippen molar-refractivity contribution in [1.82, 2.24) is 16.2 Å². The highest BCUT2D eigenvalue weighted by Crippen LogP contribution is 2.31. The van der Waals surface area contributed by atoms with E-state index in [1.54, 1.807) is 7.05 Å². The molecule has 0 bridgehead atoms. The number of hydrogen-bond acceptors (Lipinski definition) is 7. The second-order valence-electron chi connectivity index (χ2n) is 9.71. The normalized spacial score (nSPS) is 18.3. The third-order valence-corrected chi connectivity index (χ3v) is 6.40. The summed E-state index contributed by atoms with van der Waals surface area (Å²) in [5.74, 6) is -1.08. The van der Waals surface area contributed by atoms with Crippen LogP contribution in [-0.2, 0) is 14.3 Å². The molecular weight excluding hydrogens is 518 g/mol. The van der Waals surface area contributed by atoms with Gasteiger partial charge in [-0.25, -0.2) is 5.43 Å². The predicted molar refractivity (Wildman–Crippen MR) is 169 cm³/mol. The Bertz CT molecular complexity index is 1070. The van der Waals surface area contributed by atoms with Crippen molar-refractivity contribution in [3.05, 3.63) is 59.6 Å². The molecule has 0 aliphatic heterocycles. The zero-order chi connectivity index (χ0) is 30.8. The topological polar surface area (TPSA) is 124 Å². The fourth-order valence-corrected chi connectivity index (χ4v) is 4.47. The number of anilines is 1. The number of carboxylic acids is 1. The van der Waals surface area contributed by atoms with E-state index in [9.17, 15) is 14.7 Å². The lowest BCUT2D eigenvalue weighted by molar-refractivity contribution is -0.147. The van der Waals surface area contributed by atoms with E-state index in [-0.39, 0.29) is 12.0 Å². The molecule has 0 radical (unpaired) electrons. The van der Waals surface area contributed by atoms with Crippen LogP contribution in [0.25, 0.3) is 5.70 Å². The van der Waals surface area contributed by atoms with Gasteiger partial charge in [-0.05, 0) is 70.7 Å². The lowest BCUT2D eigenvalue weighted by atomic mass is 9.78. The zero-order valence-electron chi connectivity index (χ0n) is 26.1. The minimum atomic E-state index is -0.896. The fourth-order valence-electron chi connectivity index (χ4n) is 4.47. The predicted octanol–water partition coefficient (Wildman–Crippen LogP) is 6.59. The van der Waals surface area contributed by atoms with Crippen LogP contribution in [0.2, 0.25) is 0 Å². The van der Waals surface area contributed by atoms with Crippen LogP contribution in [0.4, 0.5) is 5.69 Å². The first kappa shape index (κ1) is 35.4. The molecule has 1 aliphatic rings. The molecule has 1 fully saturated rings. The average molecular weight is 570 g/mol. The third-order valence-electron chi connectivity index (χ3n) is 6.40. The van der Waals surface area contributed by atoms with Crippen molar-refractivity contribution in [2.75, 3.05) is 12.4 Å². The number of hydrogen-bond donors (Lipinski definition) is 5. The van der Waals surface area contributed by atoms with Crippen LogP contribution in [0.1, 0.15) is 92.6 Å². The summed E-state index contributed by atoms with van der Waals surface area (Å²) in [6.45, 7) is 14.0. The Morgan fingerprint density at radius 1 is 1.10 bits per heavy atom. The molecule has 2 unspecified atom stereocenters. The number of aliphatic carboxylic acids is 1. The first-order chi connectivity index (χ1) is 19.7. The van der Waals surface area contributed by atoms with Gasteiger partial charge in [-0.1, -0.05) is 58.7 Å². The Hall–Kier alpha value is -3.59. The molecule has 1 aromatic carbocycles. The van der Waals surface area contributed by atoms with Crippen molar-refractivity contribution >= 4 is 29.2 Å². The standard InChI is InChI=1S/C30H45N5O4.C2H6/c1-7-10-15-27(39-20(4)5)34-26(9-3)33-25(8-2)28(35-31-6)21-16-18-22(19-17-21)32-29(36)23-13-11-12-14-24(23)30(37)38;1-2/h9-10,15-20,23-24,31,33,35H,7-8,11-14H2,1-6H3,(H,32,36)(H,37,38);1-2H3/b15-10+,26-9-,28-25+,34-27+;. The van der Waals surface area contributed by atoms with Crippen molar-refractivity contribution in [2.45, 2.75) is 93.1 Å². The molecular formula is C32H51N5O4. The van der Waals surface area contributed by atoms with Crippen LogP contribution in [0.5, 0.6) is 0 Å². The van der Waals surface area contributed by atoms with Gasteiger partial charge in [0.05, 0.1) is 23.6 Å². The van der Waals surface area contributed by atoms with Crippen LogP contribution in [0, 0.1) is 11.8 Å². The van der Waals surface area contributed by atoms with E-state index in [2.05, 4.69) is 35.3 Å². The van der Waals surface area contributed by atoms with Gasteiger partial charge in [-0.2, -0.15) is 4.99 Å². The van der Waals surface area contributed by atoms with Crippen LogP contribution in [0.3, 0.4) is 0 Å². The Balaban J connectivity index is 0.00000411. The Morgan fingerprint density at radius 3 is 2.24 bits per heavy atom. The summed E-state index contributed by atoms with van der Waals surface area (Å²) < 4.78 is 5.87. The molecule has 1 saturated carbocycles. The van der Waals surface area contributed by atoms with E-state index in [0.29, 0.717) is 36.7 Å². The van der Waals surface area contributed by atoms with Gasteiger partial charge in [0.1, 0.15) is 5.82 Å². The molecule has 9 heteroatoms. The maximum absolute atomic E-state index is 12.9. The molecule has 0 aromatic heterocycles. The van der Waals surface area contributed by atoms with Crippen LogP contribution < -0.4 is 21.5 Å². The van der Waals surface area contributed by atoms with Crippen molar-refractivity contribution in [1.29, 1.82) is 0 Å². The molecule has 1 aromatic rings. The summed E-state index contributed by atoms with van der Waals surface area (Å²) in [6.07, 6.45) is 10.2. The van der Waals surface area contributed by atoms with E-state index in [0.717, 1.165) is 36.2 Å². The largest absolute Gasteiger partial charge is 0.481 e. The van der Waals surface area contributed by atoms with Crippen LogP contribution in [0.15, 0.2) is 59.0 Å². The first-order valence-electron chi connectivity index (χ1n) is 14.9. The maximum atomic E-state index is 12.9. The summed E-state index contributed by atoms with van der Waals surface area (Å²) in [7, 11) is 1.80. The number of rotatable bonds is 13. The van der Waals surface area contributed by atoms with E-state index >= 15 is 0 Å². The van der Waals surface area contributed by atoms with Gasteiger partial charge in [0.2, 0.25) is 11.8 Å². The average Bonchev–Trinajstić information content (AvgIpc) is 2.98. The van der Waals surface area contributed by atoms with Crippen LogP contribution >= 0.6 is 0 Å². The molecule has 1 amide bonds. The highest BCUT2D eigenvalue weighted by atomic mass is 16.5. The first-order valence-corrected chi connectivity index (χ1v) is 14.9. The highest BCUT2D eigenvalue weighted by molar-refractivity contribution is 5.95. The lowest BCUT2D eigenvalue weighted by Crippen LogP contribution is -2.36. The number of carboxylic acid groups (broad SMARTS) is 1. The molecule has 0 saturated heterocycles. The Morgan fingerprint density at radius 2 is 1.73 bits per heavy atom. The number of hydrazine groups is 1. The minimum Gasteiger partial charge on any atom is -0.481 e. The minimum absolute atomic E-state index is 0.00167. The molecule has 2 rings (SSSR count). The number of carbonyl (C=O) groups is 2. The molecule has 228 valence electrons. The molecule has 9 nitrogen and oxygen atoms in total. The summed E-state index contributed by atoms with van der Waals surface area (Å²) in [4.78, 5) is 29.2. The summed E-state index contributed by atoms with van der Waals surface area (Å²) in [5, 5.41) is 15.9. The van der Waals surface area contributed by atoms with E-state index in [4.69, 9.17) is 9.73 Å². The van der Waals surface area contributed by atoms with Crippen molar-refractivity contribution in [3.8, 4) is 0 Å². The van der Waals surface area contributed by atoms with Gasteiger partial charge in [0, 0.05) is 24.0 Å². The van der Waals surface area contributed by atoms with Crippen molar-refractivity contribution < 1.29 is 19.4 Å². The number of aliphatic imine (C=N–C) groups is 1. The van der Waals surface area contributed by atoms with Gasteiger partial charge in [-0.3, -0.25) is 9.59 Å². The van der Waals surface area contributed by atoms with Crippen LogP contribution in [-0.4, -0.2) is 36.0 Å². The molecule has 41 heavy (non-hydrogen) atoms. The summed E-state index contributed by atoms with van der Waals surface area (Å²) in [6, 6.07) is 7.49. The lowest BCUT2D eigenvalue weighted by Gasteiger charge is -2.27. The van der Waals surface area contributed by atoms with Gasteiger partial charge < -0.3 is 25.9 Å². The van der Waals surface area contributed by atoms with Crippen molar-refractivity contribution in [3.63, 3.8) is 0 Å². The number of allylic oxidation sites excluding steroid dienone is 3. The summed E-state index contributed by atoms with van der Waals surface area (Å²) >= 11 is 0. The van der Waals surface area contributed by atoms with Gasteiger partial charge in [0.15, 0.2) is 0 Å². The monoisotopic (exact) mass is 569 g/mol. The Kier molecular flexibility index (Phi) is 16.8. The molecule has 0 spiro atoms. The second-order valence-corrected chi connectivity index (χ2v) is 9.71. The SMILES string of the molecule is CC.C\C=C(/N=C(\C=C\CC)OC(C)C)N/C(CC)=C(/NNC)c1ccc(NC(=O)C2CCCCC2C(=O)O)cc1.